The summed E-state index contributed by atoms with van der Waals surface area (Å²) < 4.78 is 13.0. The lowest BCUT2D eigenvalue weighted by Crippen LogP contribution is -2.17. The molecule has 1 nitrogen and oxygen atoms in total. The van der Waals surface area contributed by atoms with Crippen LogP contribution in [0.2, 0.25) is 5.02 Å². The van der Waals surface area contributed by atoms with Gasteiger partial charge in [-0.1, -0.05) is 29.8 Å². The van der Waals surface area contributed by atoms with E-state index in [1.807, 2.05) is 24.3 Å². The minimum atomic E-state index is -0.175. The second-order valence-electron chi connectivity index (χ2n) is 4.63. The smallest absolute Gasteiger partial charge is 0.123 e. The fourth-order valence-corrected chi connectivity index (χ4v) is 2.23. The van der Waals surface area contributed by atoms with E-state index < -0.39 is 0 Å². The number of hydrogen-bond acceptors (Lipinski definition) is 1. The number of benzene rings is 2. The van der Waals surface area contributed by atoms with Gasteiger partial charge in [-0.25, -0.2) is 4.39 Å². The summed E-state index contributed by atoms with van der Waals surface area (Å²) in [5.74, 6) is -0.175. The average molecular weight is 278 g/mol. The van der Waals surface area contributed by atoms with Crippen molar-refractivity contribution in [1.82, 2.24) is 5.32 Å². The number of aryl methyl sites for hydroxylation is 1. The first-order valence-corrected chi connectivity index (χ1v) is 6.73. The Morgan fingerprint density at radius 2 is 2.00 bits per heavy atom. The topological polar surface area (TPSA) is 12.0 Å². The Morgan fingerprint density at radius 1 is 1.16 bits per heavy atom. The van der Waals surface area contributed by atoms with Crippen LogP contribution >= 0.6 is 11.6 Å². The van der Waals surface area contributed by atoms with Crippen LogP contribution in [0.4, 0.5) is 4.39 Å². The highest BCUT2D eigenvalue weighted by Crippen LogP contribution is 2.14. The van der Waals surface area contributed by atoms with Gasteiger partial charge in [0.15, 0.2) is 0 Å². The van der Waals surface area contributed by atoms with E-state index in [-0.39, 0.29) is 5.82 Å². The Balaban J connectivity index is 1.81. The van der Waals surface area contributed by atoms with Crippen LogP contribution in [0.3, 0.4) is 0 Å². The van der Waals surface area contributed by atoms with Crippen LogP contribution in [-0.4, -0.2) is 6.54 Å². The number of rotatable bonds is 5. The largest absolute Gasteiger partial charge is 0.312 e. The number of nitrogens with one attached hydrogen (secondary N) is 1. The molecular weight excluding hydrogens is 261 g/mol. The highest BCUT2D eigenvalue weighted by atomic mass is 35.5. The van der Waals surface area contributed by atoms with Crippen molar-refractivity contribution in [3.05, 3.63) is 70.0 Å². The fourth-order valence-electron chi connectivity index (χ4n) is 2.01. The molecule has 0 bridgehead atoms. The van der Waals surface area contributed by atoms with E-state index in [0.717, 1.165) is 30.1 Å². The van der Waals surface area contributed by atoms with Crippen LogP contribution in [0.1, 0.15) is 16.7 Å². The van der Waals surface area contributed by atoms with E-state index >= 15 is 0 Å². The van der Waals surface area contributed by atoms with Gasteiger partial charge in [0.1, 0.15) is 5.82 Å². The van der Waals surface area contributed by atoms with Gasteiger partial charge in [-0.2, -0.15) is 0 Å². The Hall–Kier alpha value is -1.38. The normalized spacial score (nSPS) is 10.7. The van der Waals surface area contributed by atoms with Gasteiger partial charge in [0.05, 0.1) is 0 Å². The van der Waals surface area contributed by atoms with E-state index in [4.69, 9.17) is 11.6 Å². The van der Waals surface area contributed by atoms with Gasteiger partial charge >= 0.3 is 0 Å². The number of hydrogen-bond donors (Lipinski definition) is 1. The molecule has 1 N–H and O–H groups in total. The van der Waals surface area contributed by atoms with Gasteiger partial charge in [-0.05, 0) is 60.8 Å². The molecular formula is C16H17ClFN. The van der Waals surface area contributed by atoms with Crippen molar-refractivity contribution >= 4 is 11.6 Å². The third-order valence-corrected chi connectivity index (χ3v) is 3.33. The Kier molecular flexibility index (Phi) is 4.94. The maximum absolute atomic E-state index is 13.0. The van der Waals surface area contributed by atoms with Gasteiger partial charge in [0.2, 0.25) is 0 Å². The third-order valence-electron chi connectivity index (χ3n) is 3.10. The monoisotopic (exact) mass is 277 g/mol. The molecule has 19 heavy (non-hydrogen) atoms. The van der Waals surface area contributed by atoms with E-state index in [2.05, 4.69) is 12.2 Å². The van der Waals surface area contributed by atoms with Crippen molar-refractivity contribution < 1.29 is 4.39 Å². The lowest BCUT2D eigenvalue weighted by molar-refractivity contribution is 0.622. The quantitative estimate of drug-likeness (QED) is 0.811. The van der Waals surface area contributed by atoms with Crippen LogP contribution in [0.15, 0.2) is 42.5 Å². The Labute approximate surface area is 118 Å². The average Bonchev–Trinajstić information content (AvgIpc) is 2.37. The van der Waals surface area contributed by atoms with Crippen molar-refractivity contribution in [1.29, 1.82) is 0 Å². The Morgan fingerprint density at radius 3 is 2.74 bits per heavy atom. The molecule has 2 aromatic carbocycles. The second-order valence-corrected chi connectivity index (χ2v) is 5.06. The first-order valence-electron chi connectivity index (χ1n) is 6.35. The third kappa shape index (κ3) is 4.34. The minimum absolute atomic E-state index is 0.175. The van der Waals surface area contributed by atoms with Crippen LogP contribution in [-0.2, 0) is 13.0 Å². The SMILES string of the molecule is Cc1cc(Cl)ccc1CNCCc1cccc(F)c1. The summed E-state index contributed by atoms with van der Waals surface area (Å²) >= 11 is 5.92. The fraction of sp³-hybridized carbons (Fsp3) is 0.250. The van der Waals surface area contributed by atoms with Gasteiger partial charge in [-0.3, -0.25) is 0 Å². The molecule has 3 heteroatoms. The molecule has 0 heterocycles. The predicted octanol–water partition coefficient (Wildman–Crippen LogP) is 4.12. The molecule has 0 spiro atoms. The minimum Gasteiger partial charge on any atom is -0.312 e. The van der Waals surface area contributed by atoms with Crippen molar-refractivity contribution in [3.8, 4) is 0 Å². The van der Waals surface area contributed by atoms with Gasteiger partial charge in [0.25, 0.3) is 0 Å². The summed E-state index contributed by atoms with van der Waals surface area (Å²) in [5, 5.41) is 4.13. The maximum Gasteiger partial charge on any atom is 0.123 e. The first-order chi connectivity index (χ1) is 9.15. The Bertz CT molecular complexity index is 554. The number of halogens is 2. The molecule has 0 saturated carbocycles. The van der Waals surface area contributed by atoms with Crippen molar-refractivity contribution in [2.75, 3.05) is 6.54 Å². The summed E-state index contributed by atoms with van der Waals surface area (Å²) in [7, 11) is 0. The van der Waals surface area contributed by atoms with E-state index in [1.54, 1.807) is 12.1 Å². The zero-order valence-corrected chi connectivity index (χ0v) is 11.7. The molecule has 2 aromatic rings. The summed E-state index contributed by atoms with van der Waals surface area (Å²) in [4.78, 5) is 0. The summed E-state index contributed by atoms with van der Waals surface area (Å²) in [6, 6.07) is 12.6. The molecule has 0 fully saturated rings. The van der Waals surface area contributed by atoms with Gasteiger partial charge in [0, 0.05) is 11.6 Å². The van der Waals surface area contributed by atoms with Gasteiger partial charge in [-0.15, -0.1) is 0 Å². The van der Waals surface area contributed by atoms with Crippen LogP contribution in [0.25, 0.3) is 0 Å². The standard InChI is InChI=1S/C16H17ClFN/c1-12-9-15(17)6-5-14(12)11-19-8-7-13-3-2-4-16(18)10-13/h2-6,9-10,19H,7-8,11H2,1H3. The summed E-state index contributed by atoms with van der Waals surface area (Å²) in [6.45, 7) is 3.68. The lowest BCUT2D eigenvalue weighted by Gasteiger charge is -2.08. The van der Waals surface area contributed by atoms with E-state index in [1.165, 1.54) is 17.2 Å². The molecule has 0 amide bonds. The highest BCUT2D eigenvalue weighted by Gasteiger charge is 1.99. The van der Waals surface area contributed by atoms with Gasteiger partial charge < -0.3 is 5.32 Å². The van der Waals surface area contributed by atoms with Crippen molar-refractivity contribution in [3.63, 3.8) is 0 Å². The van der Waals surface area contributed by atoms with Crippen molar-refractivity contribution in [2.45, 2.75) is 19.9 Å². The molecule has 0 atom stereocenters. The van der Waals surface area contributed by atoms with Crippen LogP contribution in [0.5, 0.6) is 0 Å². The molecule has 0 unspecified atom stereocenters. The lowest BCUT2D eigenvalue weighted by atomic mass is 10.1. The van der Waals surface area contributed by atoms with E-state index in [9.17, 15) is 4.39 Å². The summed E-state index contributed by atoms with van der Waals surface area (Å²) in [5.41, 5.74) is 3.44. The van der Waals surface area contributed by atoms with E-state index in [0.29, 0.717) is 0 Å². The highest BCUT2D eigenvalue weighted by molar-refractivity contribution is 6.30. The van der Waals surface area contributed by atoms with Crippen LogP contribution < -0.4 is 5.32 Å². The zero-order valence-electron chi connectivity index (χ0n) is 10.9. The molecule has 100 valence electrons. The molecule has 0 radical (unpaired) electrons. The van der Waals surface area contributed by atoms with Crippen LogP contribution in [0, 0.1) is 12.7 Å². The predicted molar refractivity (Wildman–Crippen MR) is 78.0 cm³/mol. The zero-order chi connectivity index (χ0) is 13.7. The van der Waals surface area contributed by atoms with Crippen molar-refractivity contribution in [2.24, 2.45) is 0 Å². The molecule has 2 rings (SSSR count). The molecule has 0 aliphatic carbocycles. The maximum atomic E-state index is 13.0. The molecule has 0 aliphatic heterocycles. The summed E-state index contributed by atoms with van der Waals surface area (Å²) in [6.07, 6.45) is 0.824. The molecule has 0 aliphatic rings. The first kappa shape index (κ1) is 14.0. The second kappa shape index (κ2) is 6.69. The molecule has 0 aromatic heterocycles. The molecule has 0 saturated heterocycles.